The summed E-state index contributed by atoms with van der Waals surface area (Å²) in [4.78, 5) is 23.4. The van der Waals surface area contributed by atoms with Crippen molar-refractivity contribution < 1.29 is 9.59 Å². The molecule has 1 amide bonds. The van der Waals surface area contributed by atoms with Crippen LogP contribution in [0.1, 0.15) is 38.5 Å². The van der Waals surface area contributed by atoms with E-state index < -0.39 is 0 Å². The van der Waals surface area contributed by atoms with Crippen molar-refractivity contribution in [1.82, 2.24) is 5.32 Å². The van der Waals surface area contributed by atoms with Crippen LogP contribution in [-0.2, 0) is 9.59 Å². The fourth-order valence-electron chi connectivity index (χ4n) is 2.34. The van der Waals surface area contributed by atoms with E-state index in [2.05, 4.69) is 5.32 Å². The molecule has 0 aliphatic heterocycles. The topological polar surface area (TPSA) is 72.2 Å². The minimum absolute atomic E-state index is 0.0980. The third-order valence-corrected chi connectivity index (χ3v) is 3.36. The predicted octanol–water partition coefficient (Wildman–Crippen LogP) is 1.18. The van der Waals surface area contributed by atoms with Gasteiger partial charge >= 0.3 is 0 Å². The zero-order valence-corrected chi connectivity index (χ0v) is 9.87. The molecule has 0 radical (unpaired) electrons. The maximum Gasteiger partial charge on any atom is 0.253 e. The van der Waals surface area contributed by atoms with Gasteiger partial charge in [0.25, 0.3) is 5.91 Å². The van der Waals surface area contributed by atoms with Crippen molar-refractivity contribution in [1.29, 1.82) is 0 Å². The maximum atomic E-state index is 12.0. The van der Waals surface area contributed by atoms with Gasteiger partial charge in [-0.15, -0.1) is 0 Å². The number of allylic oxidation sites excluding steroid dienone is 2. The molecule has 0 unspecified atom stereocenters. The van der Waals surface area contributed by atoms with Crippen molar-refractivity contribution in [3.63, 3.8) is 0 Å². The maximum absolute atomic E-state index is 12.0. The van der Waals surface area contributed by atoms with Gasteiger partial charge in [-0.1, -0.05) is 31.4 Å². The quantitative estimate of drug-likeness (QED) is 0.753. The molecule has 3 N–H and O–H groups in total. The highest BCUT2D eigenvalue weighted by Gasteiger charge is 2.22. The van der Waals surface area contributed by atoms with E-state index in [9.17, 15) is 9.59 Å². The molecular formula is C13H18N2O2. The Morgan fingerprint density at radius 1 is 1.29 bits per heavy atom. The van der Waals surface area contributed by atoms with Crippen LogP contribution in [0.5, 0.6) is 0 Å². The van der Waals surface area contributed by atoms with E-state index in [4.69, 9.17) is 5.73 Å². The second kappa shape index (κ2) is 5.17. The van der Waals surface area contributed by atoms with Crippen molar-refractivity contribution in [3.8, 4) is 0 Å². The molecule has 2 rings (SSSR count). The van der Waals surface area contributed by atoms with Crippen LogP contribution >= 0.6 is 0 Å². The molecule has 0 spiro atoms. The average molecular weight is 234 g/mol. The van der Waals surface area contributed by atoms with Gasteiger partial charge in [0, 0.05) is 12.5 Å². The molecule has 2 aliphatic rings. The fourth-order valence-corrected chi connectivity index (χ4v) is 2.34. The third kappa shape index (κ3) is 2.75. The normalized spacial score (nSPS) is 21.8. The van der Waals surface area contributed by atoms with E-state index in [0.717, 1.165) is 25.7 Å². The van der Waals surface area contributed by atoms with Gasteiger partial charge in [-0.3, -0.25) is 9.59 Å². The van der Waals surface area contributed by atoms with Crippen LogP contribution in [-0.4, -0.2) is 17.7 Å². The van der Waals surface area contributed by atoms with Gasteiger partial charge in [0.2, 0.25) is 0 Å². The largest absolute Gasteiger partial charge is 0.395 e. The third-order valence-electron chi connectivity index (χ3n) is 3.36. The number of carbonyl (C=O) groups excluding carboxylic acids is 2. The van der Waals surface area contributed by atoms with Crippen molar-refractivity contribution in [2.45, 2.75) is 44.6 Å². The van der Waals surface area contributed by atoms with E-state index in [0.29, 0.717) is 12.0 Å². The van der Waals surface area contributed by atoms with Gasteiger partial charge in [-0.2, -0.15) is 0 Å². The number of carbonyl (C=O) groups is 2. The number of ketones is 1. The molecule has 0 aromatic rings. The Kier molecular flexibility index (Phi) is 3.61. The molecule has 0 atom stereocenters. The first kappa shape index (κ1) is 11.9. The molecule has 0 saturated heterocycles. The second-order valence-electron chi connectivity index (χ2n) is 4.67. The lowest BCUT2D eigenvalue weighted by Gasteiger charge is -2.23. The summed E-state index contributed by atoms with van der Waals surface area (Å²) >= 11 is 0. The molecule has 0 aromatic heterocycles. The highest BCUT2D eigenvalue weighted by atomic mass is 16.2. The van der Waals surface area contributed by atoms with Gasteiger partial charge < -0.3 is 11.1 Å². The summed E-state index contributed by atoms with van der Waals surface area (Å²) in [5, 5.41) is 2.96. The number of Topliss-reactive ketones (excluding diaryl/α,β-unsaturated/α-hetero) is 1. The van der Waals surface area contributed by atoms with Crippen LogP contribution in [0.25, 0.3) is 0 Å². The molecule has 2 aliphatic carbocycles. The van der Waals surface area contributed by atoms with Gasteiger partial charge in [-0.05, 0) is 12.8 Å². The number of hydrogen-bond donors (Lipinski definition) is 2. The number of amides is 1. The Labute approximate surface area is 101 Å². The molecule has 4 heteroatoms. The molecular weight excluding hydrogens is 216 g/mol. The summed E-state index contributed by atoms with van der Waals surface area (Å²) in [7, 11) is 0. The van der Waals surface area contributed by atoms with Crippen LogP contribution in [0.2, 0.25) is 0 Å². The van der Waals surface area contributed by atoms with Crippen LogP contribution in [0.15, 0.2) is 23.4 Å². The molecule has 0 aromatic carbocycles. The van der Waals surface area contributed by atoms with Crippen molar-refractivity contribution in [3.05, 3.63) is 23.4 Å². The second-order valence-corrected chi connectivity index (χ2v) is 4.67. The van der Waals surface area contributed by atoms with Gasteiger partial charge in [0.15, 0.2) is 5.78 Å². The first-order valence-electron chi connectivity index (χ1n) is 6.19. The Balaban J connectivity index is 2.02. The highest BCUT2D eigenvalue weighted by molar-refractivity contribution is 6.08. The van der Waals surface area contributed by atoms with Gasteiger partial charge in [0.05, 0.1) is 11.3 Å². The summed E-state index contributed by atoms with van der Waals surface area (Å²) in [6, 6.07) is 0.238. The van der Waals surface area contributed by atoms with Gasteiger partial charge in [-0.25, -0.2) is 0 Å². The Hall–Kier alpha value is -1.58. The average Bonchev–Trinajstić information content (AvgIpc) is 2.34. The van der Waals surface area contributed by atoms with E-state index in [-0.39, 0.29) is 23.4 Å². The van der Waals surface area contributed by atoms with E-state index in [1.807, 2.05) is 0 Å². The Morgan fingerprint density at radius 3 is 2.71 bits per heavy atom. The summed E-state index contributed by atoms with van der Waals surface area (Å²) in [6.45, 7) is 0. The first-order chi connectivity index (χ1) is 8.18. The van der Waals surface area contributed by atoms with E-state index in [1.165, 1.54) is 6.42 Å². The zero-order chi connectivity index (χ0) is 12.3. The Morgan fingerprint density at radius 2 is 2.00 bits per heavy atom. The minimum Gasteiger partial charge on any atom is -0.395 e. The fraction of sp³-hybridized carbons (Fsp3) is 0.538. The van der Waals surface area contributed by atoms with Crippen molar-refractivity contribution in [2.75, 3.05) is 0 Å². The molecule has 0 bridgehead atoms. The molecule has 0 heterocycles. The number of hydrogen-bond acceptors (Lipinski definition) is 3. The van der Waals surface area contributed by atoms with Crippen molar-refractivity contribution in [2.24, 2.45) is 5.73 Å². The lowest BCUT2D eigenvalue weighted by molar-refractivity contribution is -0.119. The van der Waals surface area contributed by atoms with E-state index >= 15 is 0 Å². The van der Waals surface area contributed by atoms with Crippen LogP contribution in [0, 0.1) is 0 Å². The monoisotopic (exact) mass is 234 g/mol. The smallest absolute Gasteiger partial charge is 0.253 e. The molecule has 4 nitrogen and oxygen atoms in total. The van der Waals surface area contributed by atoms with Crippen molar-refractivity contribution >= 4 is 11.7 Å². The number of nitrogens with two attached hydrogens (primary N) is 1. The summed E-state index contributed by atoms with van der Waals surface area (Å²) < 4.78 is 0. The van der Waals surface area contributed by atoms with E-state index in [1.54, 1.807) is 12.2 Å². The van der Waals surface area contributed by atoms with Crippen LogP contribution < -0.4 is 11.1 Å². The number of nitrogens with one attached hydrogen (secondary N) is 1. The summed E-state index contributed by atoms with van der Waals surface area (Å²) in [5.41, 5.74) is 6.07. The molecule has 17 heavy (non-hydrogen) atoms. The zero-order valence-electron chi connectivity index (χ0n) is 9.87. The molecule has 1 saturated carbocycles. The number of rotatable bonds is 2. The SMILES string of the molecule is NC1=C(C(=O)NC2CCCCC2)C=CCC1=O. The molecule has 92 valence electrons. The summed E-state index contributed by atoms with van der Waals surface area (Å²) in [5.74, 6) is -0.375. The standard InChI is InChI=1S/C13H18N2O2/c14-12-10(7-4-8-11(12)16)13(17)15-9-5-2-1-3-6-9/h4,7,9H,1-3,5-6,8,14H2,(H,15,17). The van der Waals surface area contributed by atoms with Gasteiger partial charge in [0.1, 0.15) is 0 Å². The minimum atomic E-state index is -0.210. The Bertz CT molecular complexity index is 390. The molecule has 1 fully saturated rings. The highest BCUT2D eigenvalue weighted by Crippen LogP contribution is 2.19. The predicted molar refractivity (Wildman–Crippen MR) is 65.0 cm³/mol. The lowest BCUT2D eigenvalue weighted by atomic mass is 9.94. The summed E-state index contributed by atoms with van der Waals surface area (Å²) in [6.07, 6.45) is 9.25. The van der Waals surface area contributed by atoms with Crippen LogP contribution in [0.4, 0.5) is 0 Å². The lowest BCUT2D eigenvalue weighted by Crippen LogP contribution is -2.38. The first-order valence-corrected chi connectivity index (χ1v) is 6.19. The van der Waals surface area contributed by atoms with Crippen LogP contribution in [0.3, 0.4) is 0 Å².